The fourth-order valence-corrected chi connectivity index (χ4v) is 1.39. The normalized spacial score (nSPS) is 10.3. The Kier molecular flexibility index (Phi) is 2.91. The van der Waals surface area contributed by atoms with Crippen LogP contribution in [0.5, 0.6) is 0 Å². The standard InChI is InChI=1S/C12H6F3NO/c13-9-1-7(2-10(14)4-9)12(17)8-3-11(15)6-16-5-8/h1-6H. The van der Waals surface area contributed by atoms with Gasteiger partial charge in [0.15, 0.2) is 5.78 Å². The van der Waals surface area contributed by atoms with Gasteiger partial charge in [0.05, 0.1) is 6.20 Å². The average molecular weight is 237 g/mol. The highest BCUT2D eigenvalue weighted by Crippen LogP contribution is 2.13. The molecule has 0 N–H and O–H groups in total. The fraction of sp³-hybridized carbons (Fsp3) is 0. The summed E-state index contributed by atoms with van der Waals surface area (Å²) < 4.78 is 38.6. The molecule has 0 aliphatic heterocycles. The summed E-state index contributed by atoms with van der Waals surface area (Å²) >= 11 is 0. The molecule has 86 valence electrons. The Bertz CT molecular complexity index is 563. The SMILES string of the molecule is O=C(c1cncc(F)c1)c1cc(F)cc(F)c1. The number of carbonyl (C=O) groups is 1. The lowest BCUT2D eigenvalue weighted by atomic mass is 10.0. The van der Waals surface area contributed by atoms with E-state index in [0.717, 1.165) is 30.6 Å². The molecule has 0 unspecified atom stereocenters. The van der Waals surface area contributed by atoms with E-state index in [9.17, 15) is 18.0 Å². The molecule has 2 aromatic rings. The number of aromatic nitrogens is 1. The van der Waals surface area contributed by atoms with Gasteiger partial charge in [-0.2, -0.15) is 0 Å². The van der Waals surface area contributed by atoms with Crippen molar-refractivity contribution in [3.8, 4) is 0 Å². The second-order valence-electron chi connectivity index (χ2n) is 3.38. The Balaban J connectivity index is 2.43. The highest BCUT2D eigenvalue weighted by molar-refractivity contribution is 6.08. The van der Waals surface area contributed by atoms with Crippen LogP contribution in [0.2, 0.25) is 0 Å². The van der Waals surface area contributed by atoms with E-state index in [1.807, 2.05) is 0 Å². The van der Waals surface area contributed by atoms with Crippen LogP contribution in [0.15, 0.2) is 36.7 Å². The molecule has 0 atom stereocenters. The van der Waals surface area contributed by atoms with E-state index in [0.29, 0.717) is 6.07 Å². The molecular weight excluding hydrogens is 231 g/mol. The molecule has 0 saturated heterocycles. The molecule has 1 heterocycles. The monoisotopic (exact) mass is 237 g/mol. The molecular formula is C12H6F3NO. The second-order valence-corrected chi connectivity index (χ2v) is 3.38. The lowest BCUT2D eigenvalue weighted by Crippen LogP contribution is -2.03. The van der Waals surface area contributed by atoms with Crippen LogP contribution in [0.1, 0.15) is 15.9 Å². The van der Waals surface area contributed by atoms with Crippen molar-refractivity contribution < 1.29 is 18.0 Å². The number of halogens is 3. The first-order valence-electron chi connectivity index (χ1n) is 4.67. The summed E-state index contributed by atoms with van der Waals surface area (Å²) in [4.78, 5) is 15.3. The van der Waals surface area contributed by atoms with E-state index in [4.69, 9.17) is 0 Å². The third-order valence-electron chi connectivity index (χ3n) is 2.09. The summed E-state index contributed by atoms with van der Waals surface area (Å²) in [6, 6.07) is 3.38. The number of carbonyl (C=O) groups excluding carboxylic acids is 1. The molecule has 0 radical (unpaired) electrons. The van der Waals surface area contributed by atoms with Gasteiger partial charge in [0, 0.05) is 23.4 Å². The van der Waals surface area contributed by atoms with Gasteiger partial charge in [0.25, 0.3) is 0 Å². The molecule has 0 spiro atoms. The van der Waals surface area contributed by atoms with E-state index in [-0.39, 0.29) is 11.1 Å². The first-order chi connectivity index (χ1) is 8.06. The van der Waals surface area contributed by atoms with Crippen molar-refractivity contribution in [2.75, 3.05) is 0 Å². The number of ketones is 1. The molecule has 2 rings (SSSR count). The number of hydrogen-bond donors (Lipinski definition) is 0. The minimum absolute atomic E-state index is 0.0602. The van der Waals surface area contributed by atoms with Gasteiger partial charge in [-0.15, -0.1) is 0 Å². The van der Waals surface area contributed by atoms with Crippen LogP contribution in [-0.4, -0.2) is 10.8 Å². The van der Waals surface area contributed by atoms with E-state index in [2.05, 4.69) is 4.98 Å². The molecule has 0 aliphatic rings. The zero-order valence-corrected chi connectivity index (χ0v) is 8.45. The maximum atomic E-state index is 12.9. The van der Waals surface area contributed by atoms with Gasteiger partial charge in [-0.1, -0.05) is 0 Å². The Morgan fingerprint density at radius 1 is 0.824 bits per heavy atom. The van der Waals surface area contributed by atoms with E-state index in [1.54, 1.807) is 0 Å². The number of pyridine rings is 1. The van der Waals surface area contributed by atoms with Gasteiger partial charge in [-0.05, 0) is 18.2 Å². The molecule has 17 heavy (non-hydrogen) atoms. The van der Waals surface area contributed by atoms with Crippen LogP contribution in [0.4, 0.5) is 13.2 Å². The van der Waals surface area contributed by atoms with Crippen molar-refractivity contribution in [3.63, 3.8) is 0 Å². The van der Waals surface area contributed by atoms with Crippen molar-refractivity contribution in [2.24, 2.45) is 0 Å². The predicted octanol–water partition coefficient (Wildman–Crippen LogP) is 2.73. The van der Waals surface area contributed by atoms with Crippen molar-refractivity contribution in [1.29, 1.82) is 0 Å². The maximum absolute atomic E-state index is 12.9. The summed E-state index contributed by atoms with van der Waals surface area (Å²) in [6.07, 6.45) is 2.07. The van der Waals surface area contributed by atoms with Crippen LogP contribution in [-0.2, 0) is 0 Å². The summed E-state index contributed by atoms with van der Waals surface area (Å²) in [6.45, 7) is 0. The highest BCUT2D eigenvalue weighted by atomic mass is 19.1. The molecule has 0 fully saturated rings. The highest BCUT2D eigenvalue weighted by Gasteiger charge is 2.12. The van der Waals surface area contributed by atoms with Crippen molar-refractivity contribution in [2.45, 2.75) is 0 Å². The minimum Gasteiger partial charge on any atom is -0.289 e. The molecule has 2 nitrogen and oxygen atoms in total. The predicted molar refractivity (Wildman–Crippen MR) is 54.0 cm³/mol. The maximum Gasteiger partial charge on any atom is 0.194 e. The summed E-state index contributed by atoms with van der Waals surface area (Å²) in [5.74, 6) is -3.10. The summed E-state index contributed by atoms with van der Waals surface area (Å²) in [5, 5.41) is 0. The Labute approximate surface area is 94.7 Å². The molecule has 0 saturated carbocycles. The lowest BCUT2D eigenvalue weighted by molar-refractivity contribution is 0.103. The quantitative estimate of drug-likeness (QED) is 0.751. The van der Waals surface area contributed by atoms with Crippen LogP contribution in [0.25, 0.3) is 0 Å². The zero-order chi connectivity index (χ0) is 12.4. The first kappa shape index (κ1) is 11.3. The third kappa shape index (κ3) is 2.50. The first-order valence-corrected chi connectivity index (χ1v) is 4.67. The molecule has 5 heteroatoms. The van der Waals surface area contributed by atoms with Crippen molar-refractivity contribution in [3.05, 3.63) is 65.2 Å². The van der Waals surface area contributed by atoms with Gasteiger partial charge in [0.1, 0.15) is 17.5 Å². The van der Waals surface area contributed by atoms with E-state index in [1.165, 1.54) is 0 Å². The van der Waals surface area contributed by atoms with Crippen LogP contribution < -0.4 is 0 Å². The van der Waals surface area contributed by atoms with Crippen molar-refractivity contribution >= 4 is 5.78 Å². The van der Waals surface area contributed by atoms with Gasteiger partial charge in [0.2, 0.25) is 0 Å². The summed E-state index contributed by atoms with van der Waals surface area (Å²) in [5.41, 5.74) is -0.245. The Hall–Kier alpha value is -2.17. The van der Waals surface area contributed by atoms with Crippen LogP contribution in [0, 0.1) is 17.5 Å². The Morgan fingerprint density at radius 2 is 1.41 bits per heavy atom. The summed E-state index contributed by atoms with van der Waals surface area (Å²) in [7, 11) is 0. The smallest absolute Gasteiger partial charge is 0.194 e. The minimum atomic E-state index is -0.863. The zero-order valence-electron chi connectivity index (χ0n) is 8.45. The van der Waals surface area contributed by atoms with Crippen LogP contribution in [0.3, 0.4) is 0 Å². The molecule has 1 aromatic carbocycles. The third-order valence-corrected chi connectivity index (χ3v) is 2.09. The lowest BCUT2D eigenvalue weighted by Gasteiger charge is -2.01. The number of nitrogens with zero attached hydrogens (tertiary/aromatic N) is 1. The number of hydrogen-bond acceptors (Lipinski definition) is 2. The van der Waals surface area contributed by atoms with Gasteiger partial charge in [-0.3, -0.25) is 9.78 Å². The van der Waals surface area contributed by atoms with Gasteiger partial charge in [-0.25, -0.2) is 13.2 Å². The van der Waals surface area contributed by atoms with E-state index < -0.39 is 23.2 Å². The second kappa shape index (κ2) is 4.37. The average Bonchev–Trinajstić information content (AvgIpc) is 2.26. The fourth-order valence-electron chi connectivity index (χ4n) is 1.39. The molecule has 0 amide bonds. The topological polar surface area (TPSA) is 30.0 Å². The molecule has 0 aliphatic carbocycles. The van der Waals surface area contributed by atoms with Crippen molar-refractivity contribution in [1.82, 2.24) is 4.98 Å². The number of benzene rings is 1. The number of rotatable bonds is 2. The van der Waals surface area contributed by atoms with Gasteiger partial charge < -0.3 is 0 Å². The largest absolute Gasteiger partial charge is 0.289 e. The molecule has 1 aromatic heterocycles. The molecule has 0 bridgehead atoms. The van der Waals surface area contributed by atoms with E-state index >= 15 is 0 Å². The van der Waals surface area contributed by atoms with Gasteiger partial charge >= 0.3 is 0 Å². The van der Waals surface area contributed by atoms with Crippen LogP contribution >= 0.6 is 0 Å². The Morgan fingerprint density at radius 3 is 2.00 bits per heavy atom.